The first-order valence-electron chi connectivity index (χ1n) is 14.2. The van der Waals surface area contributed by atoms with Crippen LogP contribution in [0, 0.1) is 23.0 Å². The molecule has 44 heavy (non-hydrogen) atoms. The highest BCUT2D eigenvalue weighted by molar-refractivity contribution is 5.92. The molecule has 228 valence electrons. The molecule has 1 N–H and O–H groups in total. The van der Waals surface area contributed by atoms with Gasteiger partial charge in [-0.05, 0) is 44.4 Å². The average Bonchev–Trinajstić information content (AvgIpc) is 3.33. The second-order valence-electron chi connectivity index (χ2n) is 10.9. The van der Waals surface area contributed by atoms with Crippen molar-refractivity contribution < 1.29 is 32.9 Å². The molecule has 2 saturated heterocycles. The molecule has 0 radical (unpaired) electrons. The minimum atomic E-state index is -1.20. The van der Waals surface area contributed by atoms with Crippen LogP contribution in [0.5, 0.6) is 11.8 Å². The standard InChI is InChI=1S/C30H29F2N7O5/c1-17-8-20(44-27-2-5-34-25(36-27)16-43-29-23(32)9-18(12-33)13-35-29)3-6-38(17)15-26-37-28-22(31)10-19(30(40)41)11-24(28)39(26)14-21-4-7-42-21/h2,5,9-11,13,17,20-21H,3-4,6-8,14-16H2,1H3,(H,40,41)/t17-,20-,21?/m0/s1. The topological polar surface area (TPSA) is 149 Å². The Morgan fingerprint density at radius 3 is 2.75 bits per heavy atom. The number of pyridine rings is 1. The zero-order valence-corrected chi connectivity index (χ0v) is 23.8. The third-order valence-electron chi connectivity index (χ3n) is 7.87. The maximum absolute atomic E-state index is 14.9. The number of benzene rings is 1. The lowest BCUT2D eigenvalue weighted by Crippen LogP contribution is -2.44. The highest BCUT2D eigenvalue weighted by atomic mass is 19.1. The Hall–Kier alpha value is -4.74. The van der Waals surface area contributed by atoms with Crippen molar-refractivity contribution in [2.24, 2.45) is 0 Å². The number of aromatic carboxylic acids is 1. The van der Waals surface area contributed by atoms with Crippen LogP contribution in [0.15, 0.2) is 36.7 Å². The first-order valence-corrected chi connectivity index (χ1v) is 14.2. The van der Waals surface area contributed by atoms with Gasteiger partial charge in [0.25, 0.3) is 5.88 Å². The zero-order chi connectivity index (χ0) is 30.8. The van der Waals surface area contributed by atoms with E-state index in [1.807, 2.05) is 10.6 Å². The lowest BCUT2D eigenvalue weighted by Gasteiger charge is -2.37. The number of imidazole rings is 1. The van der Waals surface area contributed by atoms with Crippen molar-refractivity contribution in [1.82, 2.24) is 29.4 Å². The molecule has 12 nitrogen and oxygen atoms in total. The SMILES string of the molecule is C[C@H]1C[C@@H](Oc2ccnc(COc3ncc(C#N)cc3F)n2)CCN1Cc1nc2c(F)cc(C(=O)O)cc2n1CC1CCO1. The fourth-order valence-corrected chi connectivity index (χ4v) is 5.42. The maximum Gasteiger partial charge on any atom is 0.335 e. The number of aromatic nitrogens is 5. The van der Waals surface area contributed by atoms with Gasteiger partial charge in [-0.15, -0.1) is 0 Å². The first-order chi connectivity index (χ1) is 21.3. The summed E-state index contributed by atoms with van der Waals surface area (Å²) in [7, 11) is 0. The van der Waals surface area contributed by atoms with E-state index in [9.17, 15) is 18.7 Å². The summed E-state index contributed by atoms with van der Waals surface area (Å²) in [5.74, 6) is -1.57. The minimum Gasteiger partial charge on any atom is -0.478 e. The molecule has 2 aliphatic rings. The average molecular weight is 606 g/mol. The molecule has 14 heteroatoms. The lowest BCUT2D eigenvalue weighted by atomic mass is 10.0. The summed E-state index contributed by atoms with van der Waals surface area (Å²) in [5.41, 5.74) is 0.560. The zero-order valence-electron chi connectivity index (χ0n) is 23.8. The number of piperidine rings is 1. The van der Waals surface area contributed by atoms with Gasteiger partial charge >= 0.3 is 5.97 Å². The Bertz CT molecular complexity index is 1740. The summed E-state index contributed by atoms with van der Waals surface area (Å²) in [6, 6.07) is 7.07. The van der Waals surface area contributed by atoms with Gasteiger partial charge in [0.2, 0.25) is 5.88 Å². The van der Waals surface area contributed by atoms with E-state index >= 15 is 0 Å². The number of likely N-dealkylation sites (tertiary alicyclic amines) is 1. The molecule has 0 aliphatic carbocycles. The predicted molar refractivity (Wildman–Crippen MR) is 150 cm³/mol. The summed E-state index contributed by atoms with van der Waals surface area (Å²) in [4.78, 5) is 30.8. The number of nitriles is 1. The van der Waals surface area contributed by atoms with E-state index in [1.165, 1.54) is 18.5 Å². The molecule has 4 aromatic rings. The summed E-state index contributed by atoms with van der Waals surface area (Å²) in [5, 5.41) is 18.3. The van der Waals surface area contributed by atoms with Crippen molar-refractivity contribution in [3.05, 3.63) is 71.1 Å². The Labute approximate surface area is 250 Å². The largest absolute Gasteiger partial charge is 0.478 e. The van der Waals surface area contributed by atoms with Crippen molar-refractivity contribution in [2.75, 3.05) is 13.2 Å². The van der Waals surface area contributed by atoms with Crippen LogP contribution in [0.3, 0.4) is 0 Å². The van der Waals surface area contributed by atoms with Crippen LogP contribution in [0.2, 0.25) is 0 Å². The predicted octanol–water partition coefficient (Wildman–Crippen LogP) is 3.87. The number of carbonyl (C=O) groups is 1. The van der Waals surface area contributed by atoms with Crippen LogP contribution in [0.1, 0.15) is 53.8 Å². The summed E-state index contributed by atoms with van der Waals surface area (Å²) < 4.78 is 48.1. The minimum absolute atomic E-state index is 0.0261. The Balaban J connectivity index is 1.10. The molecule has 1 unspecified atom stereocenters. The van der Waals surface area contributed by atoms with Gasteiger partial charge in [-0.25, -0.2) is 28.5 Å². The third-order valence-corrected chi connectivity index (χ3v) is 7.87. The summed E-state index contributed by atoms with van der Waals surface area (Å²) in [6.45, 7) is 4.21. The molecular weight excluding hydrogens is 576 g/mol. The van der Waals surface area contributed by atoms with E-state index in [-0.39, 0.29) is 53.2 Å². The van der Waals surface area contributed by atoms with Gasteiger partial charge in [0.15, 0.2) is 17.5 Å². The van der Waals surface area contributed by atoms with Crippen molar-refractivity contribution in [1.29, 1.82) is 5.26 Å². The van der Waals surface area contributed by atoms with Gasteiger partial charge in [-0.3, -0.25) is 4.90 Å². The number of fused-ring (bicyclic) bond motifs is 1. The lowest BCUT2D eigenvalue weighted by molar-refractivity contribution is -0.0593. The molecule has 2 aliphatic heterocycles. The highest BCUT2D eigenvalue weighted by Crippen LogP contribution is 2.28. The molecular formula is C30H29F2N7O5. The summed E-state index contributed by atoms with van der Waals surface area (Å²) >= 11 is 0. The second kappa shape index (κ2) is 12.5. The van der Waals surface area contributed by atoms with Crippen LogP contribution < -0.4 is 9.47 Å². The fourth-order valence-electron chi connectivity index (χ4n) is 5.42. The van der Waals surface area contributed by atoms with Gasteiger partial charge in [-0.1, -0.05) is 0 Å². The molecule has 3 atom stereocenters. The monoisotopic (exact) mass is 605 g/mol. The normalized spacial score (nSPS) is 20.2. The molecule has 0 amide bonds. The molecule has 1 aromatic carbocycles. The number of carboxylic acids is 1. The van der Waals surface area contributed by atoms with Crippen LogP contribution in [-0.4, -0.2) is 71.9 Å². The molecule has 0 saturated carbocycles. The van der Waals surface area contributed by atoms with E-state index in [4.69, 9.17) is 19.5 Å². The maximum atomic E-state index is 14.9. The van der Waals surface area contributed by atoms with Gasteiger partial charge < -0.3 is 23.9 Å². The second-order valence-corrected chi connectivity index (χ2v) is 10.9. The van der Waals surface area contributed by atoms with Crippen molar-refractivity contribution in [3.63, 3.8) is 0 Å². The van der Waals surface area contributed by atoms with Crippen molar-refractivity contribution in [3.8, 4) is 17.8 Å². The van der Waals surface area contributed by atoms with Crippen LogP contribution in [-0.2, 0) is 24.4 Å². The number of hydrogen-bond donors (Lipinski definition) is 1. The van der Waals surface area contributed by atoms with Gasteiger partial charge in [0.1, 0.15) is 30.1 Å². The van der Waals surface area contributed by atoms with Crippen molar-refractivity contribution in [2.45, 2.75) is 64.1 Å². The number of carboxylic acid groups (broad SMARTS) is 1. The van der Waals surface area contributed by atoms with E-state index < -0.39 is 17.6 Å². The quantitative estimate of drug-likeness (QED) is 0.281. The molecule has 0 spiro atoms. The Morgan fingerprint density at radius 1 is 1.20 bits per heavy atom. The molecule has 6 rings (SSSR count). The van der Waals surface area contributed by atoms with Crippen LogP contribution >= 0.6 is 0 Å². The fraction of sp³-hybridized carbons (Fsp3) is 0.400. The van der Waals surface area contributed by atoms with E-state index in [2.05, 4.69) is 31.8 Å². The van der Waals surface area contributed by atoms with E-state index in [1.54, 1.807) is 6.07 Å². The van der Waals surface area contributed by atoms with Gasteiger partial charge in [-0.2, -0.15) is 10.2 Å². The van der Waals surface area contributed by atoms with Crippen LogP contribution in [0.25, 0.3) is 11.0 Å². The Morgan fingerprint density at radius 2 is 2.05 bits per heavy atom. The molecule has 5 heterocycles. The van der Waals surface area contributed by atoms with E-state index in [0.717, 1.165) is 18.6 Å². The molecule has 0 bridgehead atoms. The number of halogens is 2. The summed E-state index contributed by atoms with van der Waals surface area (Å²) in [6.07, 6.45) is 4.87. The van der Waals surface area contributed by atoms with Gasteiger partial charge in [0.05, 0.1) is 35.8 Å². The van der Waals surface area contributed by atoms with Gasteiger partial charge in [0, 0.05) is 37.7 Å². The van der Waals surface area contributed by atoms with E-state index in [0.29, 0.717) is 56.3 Å². The smallest absolute Gasteiger partial charge is 0.335 e. The van der Waals surface area contributed by atoms with Crippen LogP contribution in [0.4, 0.5) is 8.78 Å². The molecule has 2 fully saturated rings. The highest BCUT2D eigenvalue weighted by Gasteiger charge is 2.30. The number of hydrogen-bond acceptors (Lipinski definition) is 10. The third kappa shape index (κ3) is 6.29. The molecule has 3 aromatic heterocycles. The Kier molecular flexibility index (Phi) is 8.32. The van der Waals surface area contributed by atoms with Crippen molar-refractivity contribution >= 4 is 17.0 Å². The number of rotatable bonds is 10. The number of ether oxygens (including phenoxy) is 3. The first kappa shape index (κ1) is 29.3. The number of nitrogens with zero attached hydrogens (tertiary/aromatic N) is 7.